The number of rotatable bonds is 5. The molecule has 0 fully saturated rings. The van der Waals surface area contributed by atoms with E-state index in [2.05, 4.69) is 5.32 Å². The van der Waals surface area contributed by atoms with Crippen molar-refractivity contribution < 1.29 is 23.1 Å². The van der Waals surface area contributed by atoms with Crippen LogP contribution in [-0.4, -0.2) is 17.6 Å². The molecule has 3 aromatic carbocycles. The second kappa shape index (κ2) is 7.80. The number of hydrogen-bond donors (Lipinski definition) is 2. The van der Waals surface area contributed by atoms with Crippen molar-refractivity contribution in [3.8, 4) is 0 Å². The molecule has 1 unspecified atom stereocenters. The van der Waals surface area contributed by atoms with E-state index in [9.17, 15) is 23.1 Å². The van der Waals surface area contributed by atoms with Crippen molar-refractivity contribution in [1.29, 1.82) is 0 Å². The van der Waals surface area contributed by atoms with Crippen molar-refractivity contribution in [3.63, 3.8) is 0 Å². The van der Waals surface area contributed by atoms with Crippen molar-refractivity contribution in [3.05, 3.63) is 83.4 Å². The minimum Gasteiger partial charge on any atom is -0.388 e. The van der Waals surface area contributed by atoms with E-state index in [1.165, 1.54) is 12.1 Å². The van der Waals surface area contributed by atoms with Gasteiger partial charge in [-0.1, -0.05) is 48.5 Å². The van der Waals surface area contributed by atoms with Gasteiger partial charge in [-0.05, 0) is 41.0 Å². The highest BCUT2D eigenvalue weighted by atomic mass is 19.4. The van der Waals surface area contributed by atoms with E-state index in [-0.39, 0.29) is 18.5 Å². The fraction of sp³-hybridized carbons (Fsp3) is 0.190. The number of carbonyl (C=O) groups is 1. The molecular weight excluding hydrogens is 355 g/mol. The molecule has 0 spiro atoms. The van der Waals surface area contributed by atoms with E-state index in [4.69, 9.17) is 0 Å². The molecule has 0 aliphatic heterocycles. The number of carbonyl (C=O) groups excluding carboxylic acids is 1. The standard InChI is InChI=1S/C21H18F3NO2/c22-21(23,24)16-8-3-7-15(13-16)20(27)25-12-11-19(26)18-10-4-6-14-5-1-2-9-17(14)18/h1-10,13,19,26H,11-12H2,(H,25,27). The number of halogens is 3. The Morgan fingerprint density at radius 1 is 1.00 bits per heavy atom. The zero-order chi connectivity index (χ0) is 19.4. The van der Waals surface area contributed by atoms with E-state index in [1.54, 1.807) is 0 Å². The Hall–Kier alpha value is -2.86. The first-order chi connectivity index (χ1) is 12.9. The molecule has 0 radical (unpaired) electrons. The molecule has 2 N–H and O–H groups in total. The lowest BCUT2D eigenvalue weighted by Crippen LogP contribution is -2.26. The molecule has 1 amide bonds. The lowest BCUT2D eigenvalue weighted by molar-refractivity contribution is -0.137. The molecule has 0 saturated heterocycles. The van der Waals surface area contributed by atoms with Gasteiger partial charge in [0, 0.05) is 12.1 Å². The summed E-state index contributed by atoms with van der Waals surface area (Å²) >= 11 is 0. The van der Waals surface area contributed by atoms with Crippen LogP contribution in [0.4, 0.5) is 13.2 Å². The Morgan fingerprint density at radius 2 is 1.70 bits per heavy atom. The van der Waals surface area contributed by atoms with Gasteiger partial charge in [0.15, 0.2) is 0 Å². The van der Waals surface area contributed by atoms with Gasteiger partial charge in [0.1, 0.15) is 0 Å². The first-order valence-corrected chi connectivity index (χ1v) is 8.47. The zero-order valence-corrected chi connectivity index (χ0v) is 14.3. The van der Waals surface area contributed by atoms with Gasteiger partial charge in [0.05, 0.1) is 11.7 Å². The molecule has 27 heavy (non-hydrogen) atoms. The minimum absolute atomic E-state index is 0.0653. The molecule has 140 valence electrons. The van der Waals surface area contributed by atoms with Gasteiger partial charge in [-0.15, -0.1) is 0 Å². The van der Waals surface area contributed by atoms with Crippen molar-refractivity contribution >= 4 is 16.7 Å². The lowest BCUT2D eigenvalue weighted by atomic mass is 9.99. The van der Waals surface area contributed by atoms with Gasteiger partial charge < -0.3 is 10.4 Å². The van der Waals surface area contributed by atoms with E-state index in [0.717, 1.165) is 28.5 Å². The second-order valence-electron chi connectivity index (χ2n) is 6.21. The van der Waals surface area contributed by atoms with E-state index >= 15 is 0 Å². The highest BCUT2D eigenvalue weighted by Gasteiger charge is 2.30. The van der Waals surface area contributed by atoms with Crippen molar-refractivity contribution in [1.82, 2.24) is 5.32 Å². The van der Waals surface area contributed by atoms with E-state index in [0.29, 0.717) is 0 Å². The maximum absolute atomic E-state index is 12.7. The highest BCUT2D eigenvalue weighted by Crippen LogP contribution is 2.29. The van der Waals surface area contributed by atoms with Gasteiger partial charge in [0.25, 0.3) is 5.91 Å². The molecular formula is C21H18F3NO2. The first kappa shape index (κ1) is 18.9. The fourth-order valence-electron chi connectivity index (χ4n) is 2.96. The molecule has 0 aliphatic rings. The number of fused-ring (bicyclic) bond motifs is 1. The van der Waals surface area contributed by atoms with Crippen LogP contribution in [0.1, 0.15) is 34.0 Å². The second-order valence-corrected chi connectivity index (χ2v) is 6.21. The van der Waals surface area contributed by atoms with Crippen LogP contribution in [-0.2, 0) is 6.18 Å². The van der Waals surface area contributed by atoms with Crippen LogP contribution >= 0.6 is 0 Å². The molecule has 0 aliphatic carbocycles. The summed E-state index contributed by atoms with van der Waals surface area (Å²) in [5, 5.41) is 14.9. The van der Waals surface area contributed by atoms with Crippen LogP contribution in [0.15, 0.2) is 66.7 Å². The molecule has 6 heteroatoms. The monoisotopic (exact) mass is 373 g/mol. The molecule has 1 atom stereocenters. The van der Waals surface area contributed by atoms with E-state index in [1.807, 2.05) is 42.5 Å². The average molecular weight is 373 g/mol. The number of alkyl halides is 3. The molecule has 0 heterocycles. The molecule has 3 nitrogen and oxygen atoms in total. The molecule has 3 aromatic rings. The lowest BCUT2D eigenvalue weighted by Gasteiger charge is -2.14. The Balaban J connectivity index is 1.63. The largest absolute Gasteiger partial charge is 0.416 e. The van der Waals surface area contributed by atoms with Crippen molar-refractivity contribution in [2.75, 3.05) is 6.54 Å². The quantitative estimate of drug-likeness (QED) is 0.680. The molecule has 0 saturated carbocycles. The number of nitrogens with one attached hydrogen (secondary N) is 1. The van der Waals surface area contributed by atoms with Crippen LogP contribution in [0, 0.1) is 0 Å². The Kier molecular flexibility index (Phi) is 5.46. The summed E-state index contributed by atoms with van der Waals surface area (Å²) < 4.78 is 38.2. The van der Waals surface area contributed by atoms with Crippen LogP contribution < -0.4 is 5.32 Å². The summed E-state index contributed by atoms with van der Waals surface area (Å²) in [5.41, 5.74) is -0.183. The van der Waals surface area contributed by atoms with Gasteiger partial charge >= 0.3 is 6.18 Å². The molecule has 3 rings (SSSR count). The molecule has 0 bridgehead atoms. The third-order valence-electron chi connectivity index (χ3n) is 4.34. The van der Waals surface area contributed by atoms with Crippen molar-refractivity contribution in [2.45, 2.75) is 18.7 Å². The summed E-state index contributed by atoms with van der Waals surface area (Å²) in [5.74, 6) is -0.605. The third-order valence-corrected chi connectivity index (χ3v) is 4.34. The van der Waals surface area contributed by atoms with Crippen LogP contribution in [0.25, 0.3) is 10.8 Å². The summed E-state index contributed by atoms with van der Waals surface area (Å²) in [6.45, 7) is 0.138. The SMILES string of the molecule is O=C(NCCC(O)c1cccc2ccccc12)c1cccc(C(F)(F)F)c1. The van der Waals surface area contributed by atoms with Gasteiger partial charge in [-0.2, -0.15) is 13.2 Å². The molecule has 0 aromatic heterocycles. The summed E-state index contributed by atoms with van der Waals surface area (Å²) in [4.78, 5) is 12.1. The van der Waals surface area contributed by atoms with Gasteiger partial charge in [-0.25, -0.2) is 0 Å². The van der Waals surface area contributed by atoms with Crippen LogP contribution in [0.3, 0.4) is 0 Å². The predicted octanol–water partition coefficient (Wildman–Crippen LogP) is 4.71. The van der Waals surface area contributed by atoms with Crippen LogP contribution in [0.5, 0.6) is 0 Å². The average Bonchev–Trinajstić information content (AvgIpc) is 2.66. The first-order valence-electron chi connectivity index (χ1n) is 8.47. The number of aliphatic hydroxyl groups excluding tert-OH is 1. The summed E-state index contributed by atoms with van der Waals surface area (Å²) in [6, 6.07) is 17.5. The smallest absolute Gasteiger partial charge is 0.388 e. The number of hydrogen-bond acceptors (Lipinski definition) is 2. The minimum atomic E-state index is -4.50. The van der Waals surface area contributed by atoms with Gasteiger partial charge in [-0.3, -0.25) is 4.79 Å². The van der Waals surface area contributed by atoms with Crippen LogP contribution in [0.2, 0.25) is 0 Å². The summed E-state index contributed by atoms with van der Waals surface area (Å²) in [6.07, 6.45) is -5.04. The van der Waals surface area contributed by atoms with Crippen molar-refractivity contribution in [2.24, 2.45) is 0 Å². The third kappa shape index (κ3) is 4.46. The Morgan fingerprint density at radius 3 is 2.48 bits per heavy atom. The Bertz CT molecular complexity index is 948. The number of amides is 1. The predicted molar refractivity (Wildman–Crippen MR) is 97.3 cm³/mol. The summed E-state index contributed by atoms with van der Waals surface area (Å²) in [7, 11) is 0. The maximum atomic E-state index is 12.7. The van der Waals surface area contributed by atoms with Gasteiger partial charge in [0.2, 0.25) is 0 Å². The normalized spacial score (nSPS) is 12.7. The maximum Gasteiger partial charge on any atom is 0.416 e. The van der Waals surface area contributed by atoms with E-state index < -0.39 is 23.8 Å². The Labute approximate surface area is 154 Å². The highest BCUT2D eigenvalue weighted by molar-refractivity contribution is 5.94. The fourth-order valence-corrected chi connectivity index (χ4v) is 2.96. The zero-order valence-electron chi connectivity index (χ0n) is 14.3. The number of aliphatic hydroxyl groups is 1. The topological polar surface area (TPSA) is 49.3 Å². The number of benzene rings is 3.